The SMILES string of the molecule is CC(CN)CN1C(=O)CN(C)C(=O)C1C. The summed E-state index contributed by atoms with van der Waals surface area (Å²) in [6, 6.07) is -0.356. The van der Waals surface area contributed by atoms with Crippen LogP contribution in [-0.2, 0) is 9.59 Å². The lowest BCUT2D eigenvalue weighted by Crippen LogP contribution is -2.58. The molecule has 0 aliphatic carbocycles. The minimum absolute atomic E-state index is 0.00109. The second-order valence-electron chi connectivity index (χ2n) is 4.26. The van der Waals surface area contributed by atoms with E-state index in [1.165, 1.54) is 4.90 Å². The fourth-order valence-corrected chi connectivity index (χ4v) is 1.71. The van der Waals surface area contributed by atoms with Crippen LogP contribution in [0.3, 0.4) is 0 Å². The molecule has 1 rings (SSSR count). The van der Waals surface area contributed by atoms with Gasteiger partial charge in [0.15, 0.2) is 0 Å². The van der Waals surface area contributed by atoms with E-state index in [0.717, 1.165) is 0 Å². The van der Waals surface area contributed by atoms with Crippen LogP contribution in [0.2, 0.25) is 0 Å². The number of carbonyl (C=O) groups is 2. The maximum Gasteiger partial charge on any atom is 0.245 e. The predicted octanol–water partition coefficient (Wildman–Crippen LogP) is -0.730. The molecule has 0 spiro atoms. The number of hydrogen-bond acceptors (Lipinski definition) is 3. The summed E-state index contributed by atoms with van der Waals surface area (Å²) in [6.45, 7) is 5.01. The third-order valence-corrected chi connectivity index (χ3v) is 2.80. The normalized spacial score (nSPS) is 24.7. The zero-order valence-electron chi connectivity index (χ0n) is 9.56. The van der Waals surface area contributed by atoms with Gasteiger partial charge in [0.2, 0.25) is 11.8 Å². The summed E-state index contributed by atoms with van der Waals surface area (Å²) in [5.41, 5.74) is 5.51. The van der Waals surface area contributed by atoms with Crippen LogP contribution in [0.4, 0.5) is 0 Å². The minimum atomic E-state index is -0.356. The van der Waals surface area contributed by atoms with Gasteiger partial charge in [-0.3, -0.25) is 9.59 Å². The molecular formula is C10H19N3O2. The second-order valence-corrected chi connectivity index (χ2v) is 4.26. The van der Waals surface area contributed by atoms with Crippen LogP contribution < -0.4 is 5.73 Å². The Hall–Kier alpha value is -1.10. The van der Waals surface area contributed by atoms with Gasteiger partial charge in [-0.15, -0.1) is 0 Å². The van der Waals surface area contributed by atoms with Gasteiger partial charge in [-0.1, -0.05) is 6.92 Å². The Morgan fingerprint density at radius 3 is 2.67 bits per heavy atom. The molecule has 0 radical (unpaired) electrons. The van der Waals surface area contributed by atoms with E-state index >= 15 is 0 Å². The number of nitrogens with two attached hydrogens (primary N) is 1. The van der Waals surface area contributed by atoms with Crippen molar-refractivity contribution in [1.82, 2.24) is 9.80 Å². The standard InChI is InChI=1S/C10H19N3O2/c1-7(4-11)5-13-8(2)10(15)12(3)6-9(13)14/h7-8H,4-6,11H2,1-3H3. The molecule has 1 fully saturated rings. The molecule has 5 heteroatoms. The Balaban J connectivity index is 2.70. The first-order valence-corrected chi connectivity index (χ1v) is 5.22. The van der Waals surface area contributed by atoms with Gasteiger partial charge in [-0.05, 0) is 19.4 Å². The maximum atomic E-state index is 11.7. The van der Waals surface area contributed by atoms with Gasteiger partial charge in [0.05, 0.1) is 6.54 Å². The molecule has 0 bridgehead atoms. The maximum absolute atomic E-state index is 11.7. The monoisotopic (exact) mass is 213 g/mol. The van der Waals surface area contributed by atoms with E-state index in [4.69, 9.17) is 5.73 Å². The summed E-state index contributed by atoms with van der Waals surface area (Å²) in [5, 5.41) is 0. The highest BCUT2D eigenvalue weighted by molar-refractivity contribution is 5.94. The van der Waals surface area contributed by atoms with Crippen molar-refractivity contribution in [2.45, 2.75) is 19.9 Å². The Morgan fingerprint density at radius 2 is 2.13 bits per heavy atom. The van der Waals surface area contributed by atoms with Crippen molar-refractivity contribution >= 4 is 11.8 Å². The molecule has 2 unspecified atom stereocenters. The Kier molecular flexibility index (Phi) is 3.68. The Labute approximate surface area is 90.2 Å². The van der Waals surface area contributed by atoms with E-state index in [2.05, 4.69) is 0 Å². The fourth-order valence-electron chi connectivity index (χ4n) is 1.71. The van der Waals surface area contributed by atoms with Gasteiger partial charge < -0.3 is 15.5 Å². The van der Waals surface area contributed by atoms with Crippen molar-refractivity contribution < 1.29 is 9.59 Å². The Morgan fingerprint density at radius 1 is 1.53 bits per heavy atom. The number of likely N-dealkylation sites (N-methyl/N-ethyl adjacent to an activating group) is 1. The third-order valence-electron chi connectivity index (χ3n) is 2.80. The molecule has 0 aromatic rings. The summed E-state index contributed by atoms with van der Waals surface area (Å²) in [7, 11) is 1.65. The lowest BCUT2D eigenvalue weighted by molar-refractivity contribution is -0.154. The highest BCUT2D eigenvalue weighted by atomic mass is 16.2. The van der Waals surface area contributed by atoms with E-state index < -0.39 is 0 Å². The Bertz CT molecular complexity index is 267. The minimum Gasteiger partial charge on any atom is -0.335 e. The number of amides is 2. The molecule has 5 nitrogen and oxygen atoms in total. The summed E-state index contributed by atoms with van der Waals surface area (Å²) in [4.78, 5) is 26.4. The lowest BCUT2D eigenvalue weighted by Gasteiger charge is -2.38. The summed E-state index contributed by atoms with van der Waals surface area (Å²) in [6.07, 6.45) is 0. The van der Waals surface area contributed by atoms with Gasteiger partial charge in [0.1, 0.15) is 6.04 Å². The van der Waals surface area contributed by atoms with E-state index in [0.29, 0.717) is 13.1 Å². The van der Waals surface area contributed by atoms with Gasteiger partial charge in [0.25, 0.3) is 0 Å². The van der Waals surface area contributed by atoms with Crippen molar-refractivity contribution in [3.05, 3.63) is 0 Å². The molecule has 86 valence electrons. The van der Waals surface area contributed by atoms with Crippen molar-refractivity contribution in [3.63, 3.8) is 0 Å². The average molecular weight is 213 g/mol. The molecule has 15 heavy (non-hydrogen) atoms. The van der Waals surface area contributed by atoms with Gasteiger partial charge >= 0.3 is 0 Å². The first kappa shape index (κ1) is 12.0. The number of rotatable bonds is 3. The van der Waals surface area contributed by atoms with Crippen molar-refractivity contribution in [2.75, 3.05) is 26.7 Å². The first-order valence-electron chi connectivity index (χ1n) is 5.22. The summed E-state index contributed by atoms with van der Waals surface area (Å²) >= 11 is 0. The molecule has 1 saturated heterocycles. The average Bonchev–Trinajstić information content (AvgIpc) is 2.21. The topological polar surface area (TPSA) is 66.6 Å². The van der Waals surface area contributed by atoms with Crippen LogP contribution in [0, 0.1) is 5.92 Å². The highest BCUT2D eigenvalue weighted by Gasteiger charge is 2.34. The smallest absolute Gasteiger partial charge is 0.245 e. The molecule has 1 aliphatic rings. The number of nitrogens with zero attached hydrogens (tertiary/aromatic N) is 2. The predicted molar refractivity (Wildman–Crippen MR) is 57.0 cm³/mol. The van der Waals surface area contributed by atoms with Crippen molar-refractivity contribution in [2.24, 2.45) is 11.7 Å². The summed E-state index contributed by atoms with van der Waals surface area (Å²) in [5.74, 6) is 0.233. The van der Waals surface area contributed by atoms with Crippen molar-refractivity contribution in [3.8, 4) is 0 Å². The molecule has 1 heterocycles. The molecule has 2 N–H and O–H groups in total. The molecule has 2 atom stereocenters. The molecule has 0 saturated carbocycles. The second kappa shape index (κ2) is 4.61. The lowest BCUT2D eigenvalue weighted by atomic mass is 10.1. The van der Waals surface area contributed by atoms with Gasteiger partial charge in [-0.25, -0.2) is 0 Å². The van der Waals surface area contributed by atoms with Crippen LogP contribution in [0.25, 0.3) is 0 Å². The molecule has 0 aromatic heterocycles. The zero-order chi connectivity index (χ0) is 11.6. The first-order chi connectivity index (χ1) is 6.97. The fraction of sp³-hybridized carbons (Fsp3) is 0.800. The number of piperazine rings is 1. The van der Waals surface area contributed by atoms with E-state index in [1.54, 1.807) is 18.9 Å². The highest BCUT2D eigenvalue weighted by Crippen LogP contribution is 2.12. The van der Waals surface area contributed by atoms with Crippen molar-refractivity contribution in [1.29, 1.82) is 0 Å². The third kappa shape index (κ3) is 2.47. The van der Waals surface area contributed by atoms with Crippen LogP contribution in [0.1, 0.15) is 13.8 Å². The molecule has 1 aliphatic heterocycles. The number of hydrogen-bond donors (Lipinski definition) is 1. The quantitative estimate of drug-likeness (QED) is 0.672. The van der Waals surface area contributed by atoms with E-state index in [-0.39, 0.29) is 30.3 Å². The van der Waals surface area contributed by atoms with Gasteiger partial charge in [-0.2, -0.15) is 0 Å². The van der Waals surface area contributed by atoms with Crippen LogP contribution in [0.15, 0.2) is 0 Å². The van der Waals surface area contributed by atoms with Crippen LogP contribution in [-0.4, -0.2) is 54.3 Å². The summed E-state index contributed by atoms with van der Waals surface area (Å²) < 4.78 is 0. The number of carbonyl (C=O) groups excluding carboxylic acids is 2. The van der Waals surface area contributed by atoms with Crippen LogP contribution >= 0.6 is 0 Å². The zero-order valence-corrected chi connectivity index (χ0v) is 9.56. The molecular weight excluding hydrogens is 194 g/mol. The molecule has 0 aromatic carbocycles. The van der Waals surface area contributed by atoms with Crippen LogP contribution in [0.5, 0.6) is 0 Å². The van der Waals surface area contributed by atoms with Gasteiger partial charge in [0, 0.05) is 13.6 Å². The van der Waals surface area contributed by atoms with E-state index in [9.17, 15) is 9.59 Å². The molecule has 2 amide bonds. The van der Waals surface area contributed by atoms with E-state index in [1.807, 2.05) is 6.92 Å². The largest absolute Gasteiger partial charge is 0.335 e.